The standard InChI is InChI=1S/C15H25NO3/c1-6-12(7-2)13(17)8-16-15(18)14-9(3)10(4)19-11(14)5/h12-13,17H,6-8H2,1-5H3,(H,16,18). The topological polar surface area (TPSA) is 62.5 Å². The first-order valence-corrected chi connectivity index (χ1v) is 6.95. The predicted octanol–water partition coefficient (Wildman–Crippen LogP) is 2.73. The Morgan fingerprint density at radius 3 is 2.21 bits per heavy atom. The van der Waals surface area contributed by atoms with Gasteiger partial charge in [-0.1, -0.05) is 26.7 Å². The Balaban J connectivity index is 2.66. The molecule has 0 bridgehead atoms. The summed E-state index contributed by atoms with van der Waals surface area (Å²) in [5, 5.41) is 12.8. The number of rotatable bonds is 6. The maximum Gasteiger partial charge on any atom is 0.255 e. The van der Waals surface area contributed by atoms with Crippen LogP contribution in [-0.4, -0.2) is 23.7 Å². The maximum absolute atomic E-state index is 12.1. The molecule has 1 heterocycles. The Morgan fingerprint density at radius 2 is 1.79 bits per heavy atom. The van der Waals surface area contributed by atoms with E-state index in [1.807, 2.05) is 27.7 Å². The van der Waals surface area contributed by atoms with Crippen LogP contribution >= 0.6 is 0 Å². The van der Waals surface area contributed by atoms with Crippen molar-refractivity contribution in [2.24, 2.45) is 5.92 Å². The summed E-state index contributed by atoms with van der Waals surface area (Å²) in [6.45, 7) is 9.89. The number of carbonyl (C=O) groups is 1. The highest BCUT2D eigenvalue weighted by molar-refractivity contribution is 5.96. The van der Waals surface area contributed by atoms with E-state index in [4.69, 9.17) is 4.42 Å². The van der Waals surface area contributed by atoms with Crippen molar-refractivity contribution in [1.29, 1.82) is 0 Å². The molecule has 4 heteroatoms. The molecule has 19 heavy (non-hydrogen) atoms. The fourth-order valence-corrected chi connectivity index (χ4v) is 2.41. The van der Waals surface area contributed by atoms with Crippen LogP contribution in [0.2, 0.25) is 0 Å². The summed E-state index contributed by atoms with van der Waals surface area (Å²) in [5.74, 6) is 1.46. The number of amides is 1. The highest BCUT2D eigenvalue weighted by Crippen LogP contribution is 2.20. The first-order chi connectivity index (χ1) is 8.92. The van der Waals surface area contributed by atoms with Gasteiger partial charge in [-0.2, -0.15) is 0 Å². The SMILES string of the molecule is CCC(CC)C(O)CNC(=O)c1c(C)oc(C)c1C. The molecule has 0 aliphatic rings. The van der Waals surface area contributed by atoms with Gasteiger partial charge in [-0.25, -0.2) is 0 Å². The molecule has 1 atom stereocenters. The Bertz CT molecular complexity index is 433. The second-order valence-corrected chi connectivity index (χ2v) is 5.07. The van der Waals surface area contributed by atoms with E-state index in [-0.39, 0.29) is 18.4 Å². The molecule has 0 fully saturated rings. The predicted molar refractivity (Wildman–Crippen MR) is 75.3 cm³/mol. The van der Waals surface area contributed by atoms with Crippen molar-refractivity contribution < 1.29 is 14.3 Å². The van der Waals surface area contributed by atoms with Crippen LogP contribution in [0.3, 0.4) is 0 Å². The lowest BCUT2D eigenvalue weighted by Crippen LogP contribution is -2.36. The summed E-state index contributed by atoms with van der Waals surface area (Å²) in [6.07, 6.45) is 1.33. The summed E-state index contributed by atoms with van der Waals surface area (Å²) in [7, 11) is 0. The van der Waals surface area contributed by atoms with Crippen molar-refractivity contribution in [2.45, 2.75) is 53.6 Å². The average Bonchev–Trinajstić information content (AvgIpc) is 2.62. The van der Waals surface area contributed by atoms with E-state index in [0.717, 1.165) is 24.2 Å². The fourth-order valence-electron chi connectivity index (χ4n) is 2.41. The highest BCUT2D eigenvalue weighted by atomic mass is 16.3. The monoisotopic (exact) mass is 267 g/mol. The van der Waals surface area contributed by atoms with Crippen LogP contribution in [0.15, 0.2) is 4.42 Å². The Labute approximate surface area is 115 Å². The lowest BCUT2D eigenvalue weighted by molar-refractivity contribution is 0.0815. The minimum Gasteiger partial charge on any atom is -0.466 e. The zero-order valence-electron chi connectivity index (χ0n) is 12.5. The molecule has 0 radical (unpaired) electrons. The number of aliphatic hydroxyl groups is 1. The van der Waals surface area contributed by atoms with Gasteiger partial charge >= 0.3 is 0 Å². The largest absolute Gasteiger partial charge is 0.466 e. The van der Waals surface area contributed by atoms with Gasteiger partial charge in [-0.3, -0.25) is 4.79 Å². The van der Waals surface area contributed by atoms with Gasteiger partial charge in [0.15, 0.2) is 0 Å². The Kier molecular flexibility index (Phi) is 5.60. The van der Waals surface area contributed by atoms with Crippen LogP contribution in [0.5, 0.6) is 0 Å². The number of aryl methyl sites for hydroxylation is 2. The third kappa shape index (κ3) is 3.60. The number of hydrogen-bond donors (Lipinski definition) is 2. The number of aliphatic hydroxyl groups excluding tert-OH is 1. The zero-order valence-corrected chi connectivity index (χ0v) is 12.5. The summed E-state index contributed by atoms with van der Waals surface area (Å²) in [5.41, 5.74) is 1.46. The molecular formula is C15H25NO3. The Hall–Kier alpha value is -1.29. The molecule has 0 aromatic carbocycles. The van der Waals surface area contributed by atoms with Gasteiger partial charge in [0.05, 0.1) is 11.7 Å². The van der Waals surface area contributed by atoms with Gasteiger partial charge in [0.1, 0.15) is 11.5 Å². The lowest BCUT2D eigenvalue weighted by atomic mass is 9.96. The number of hydrogen-bond acceptors (Lipinski definition) is 3. The zero-order chi connectivity index (χ0) is 14.6. The first-order valence-electron chi connectivity index (χ1n) is 6.95. The van der Waals surface area contributed by atoms with Crippen molar-refractivity contribution in [3.63, 3.8) is 0 Å². The molecule has 2 N–H and O–H groups in total. The van der Waals surface area contributed by atoms with Crippen molar-refractivity contribution in [3.05, 3.63) is 22.6 Å². The molecule has 4 nitrogen and oxygen atoms in total. The van der Waals surface area contributed by atoms with Crippen molar-refractivity contribution in [1.82, 2.24) is 5.32 Å². The van der Waals surface area contributed by atoms with Gasteiger partial charge < -0.3 is 14.8 Å². The average molecular weight is 267 g/mol. The van der Waals surface area contributed by atoms with Crippen LogP contribution in [0.25, 0.3) is 0 Å². The summed E-state index contributed by atoms with van der Waals surface area (Å²) >= 11 is 0. The van der Waals surface area contributed by atoms with Crippen LogP contribution in [0.1, 0.15) is 54.1 Å². The van der Waals surface area contributed by atoms with Crippen LogP contribution < -0.4 is 5.32 Å². The lowest BCUT2D eigenvalue weighted by Gasteiger charge is -2.20. The smallest absolute Gasteiger partial charge is 0.255 e. The minimum absolute atomic E-state index is 0.170. The maximum atomic E-state index is 12.1. The second kappa shape index (κ2) is 6.75. The van der Waals surface area contributed by atoms with E-state index < -0.39 is 6.10 Å². The van der Waals surface area contributed by atoms with E-state index >= 15 is 0 Å². The minimum atomic E-state index is -0.493. The van der Waals surface area contributed by atoms with E-state index in [2.05, 4.69) is 5.32 Å². The molecule has 1 aromatic heterocycles. The van der Waals surface area contributed by atoms with Gasteiger partial charge in [-0.05, 0) is 26.7 Å². The fraction of sp³-hybridized carbons (Fsp3) is 0.667. The van der Waals surface area contributed by atoms with Gasteiger partial charge in [0.2, 0.25) is 0 Å². The third-order valence-corrected chi connectivity index (χ3v) is 3.85. The van der Waals surface area contributed by atoms with Crippen LogP contribution in [-0.2, 0) is 0 Å². The van der Waals surface area contributed by atoms with Crippen LogP contribution in [0, 0.1) is 26.7 Å². The molecule has 108 valence electrons. The molecule has 0 saturated carbocycles. The van der Waals surface area contributed by atoms with Crippen molar-refractivity contribution >= 4 is 5.91 Å². The molecule has 1 rings (SSSR count). The van der Waals surface area contributed by atoms with E-state index in [9.17, 15) is 9.90 Å². The molecule has 0 saturated heterocycles. The molecular weight excluding hydrogens is 242 g/mol. The molecule has 0 aliphatic heterocycles. The summed E-state index contributed by atoms with van der Waals surface area (Å²) in [6, 6.07) is 0. The number of furan rings is 1. The molecule has 0 aliphatic carbocycles. The van der Waals surface area contributed by atoms with Gasteiger partial charge in [0, 0.05) is 12.1 Å². The summed E-state index contributed by atoms with van der Waals surface area (Å²) < 4.78 is 5.44. The first kappa shape index (κ1) is 15.8. The third-order valence-electron chi connectivity index (χ3n) is 3.85. The second-order valence-electron chi connectivity index (χ2n) is 5.07. The van der Waals surface area contributed by atoms with E-state index in [1.165, 1.54) is 0 Å². The molecule has 1 unspecified atom stereocenters. The summed E-state index contributed by atoms with van der Waals surface area (Å²) in [4.78, 5) is 12.1. The molecule has 1 aromatic rings. The van der Waals surface area contributed by atoms with E-state index in [0.29, 0.717) is 11.3 Å². The van der Waals surface area contributed by atoms with Gasteiger partial charge in [-0.15, -0.1) is 0 Å². The molecule has 0 spiro atoms. The van der Waals surface area contributed by atoms with Crippen molar-refractivity contribution in [3.8, 4) is 0 Å². The normalized spacial score (nSPS) is 12.8. The highest BCUT2D eigenvalue weighted by Gasteiger charge is 2.21. The van der Waals surface area contributed by atoms with Crippen molar-refractivity contribution in [2.75, 3.05) is 6.54 Å². The quantitative estimate of drug-likeness (QED) is 0.833. The number of nitrogens with one attached hydrogen (secondary N) is 1. The van der Waals surface area contributed by atoms with Gasteiger partial charge in [0.25, 0.3) is 5.91 Å². The molecule has 1 amide bonds. The van der Waals surface area contributed by atoms with E-state index in [1.54, 1.807) is 6.92 Å². The number of carbonyl (C=O) groups excluding carboxylic acids is 1. The Morgan fingerprint density at radius 1 is 1.21 bits per heavy atom. The van der Waals surface area contributed by atoms with Crippen LogP contribution in [0.4, 0.5) is 0 Å².